The quantitative estimate of drug-likeness (QED) is 0.474. The molecule has 0 radical (unpaired) electrons. The second-order valence-electron chi connectivity index (χ2n) is 6.62. The average Bonchev–Trinajstić information content (AvgIpc) is 2.62. The van der Waals surface area contributed by atoms with Crippen LogP contribution in [0.3, 0.4) is 0 Å². The van der Waals surface area contributed by atoms with Gasteiger partial charge in [-0.25, -0.2) is 4.99 Å². The number of nitrogens with two attached hydrogens (primary N) is 1. The molecule has 1 unspecified atom stereocenters. The summed E-state index contributed by atoms with van der Waals surface area (Å²) in [5, 5.41) is 6.78. The third kappa shape index (κ3) is 7.31. The number of rotatable bonds is 8. The fraction of sp³-hybridized carbons (Fsp3) is 0.579. The van der Waals surface area contributed by atoms with E-state index in [2.05, 4.69) is 27.4 Å². The van der Waals surface area contributed by atoms with Crippen LogP contribution in [-0.4, -0.2) is 61.6 Å². The van der Waals surface area contributed by atoms with E-state index < -0.39 is 0 Å². The van der Waals surface area contributed by atoms with E-state index in [0.717, 1.165) is 44.2 Å². The van der Waals surface area contributed by atoms with E-state index in [4.69, 9.17) is 10.5 Å². The molecule has 0 bridgehead atoms. The van der Waals surface area contributed by atoms with Gasteiger partial charge in [-0.2, -0.15) is 0 Å². The summed E-state index contributed by atoms with van der Waals surface area (Å²) in [6, 6.07) is 10.1. The lowest BCUT2D eigenvalue weighted by molar-refractivity contribution is -0.119. The molecule has 1 atom stereocenters. The first-order valence-corrected chi connectivity index (χ1v) is 9.34. The molecule has 0 aromatic heterocycles. The molecule has 0 aliphatic carbocycles. The van der Waals surface area contributed by atoms with Crippen LogP contribution in [0.1, 0.15) is 26.7 Å². The van der Waals surface area contributed by atoms with Crippen LogP contribution in [0, 0.1) is 0 Å². The predicted octanol–water partition coefficient (Wildman–Crippen LogP) is 0.959. The van der Waals surface area contributed by atoms with Crippen LogP contribution in [0.2, 0.25) is 0 Å². The smallest absolute Gasteiger partial charge is 0.231 e. The molecule has 26 heavy (non-hydrogen) atoms. The highest BCUT2D eigenvalue weighted by Crippen LogP contribution is 2.11. The number of piperidine rings is 1. The zero-order valence-corrected chi connectivity index (χ0v) is 15.8. The van der Waals surface area contributed by atoms with E-state index in [9.17, 15) is 4.79 Å². The Kier molecular flexibility index (Phi) is 8.21. The molecule has 144 valence electrons. The van der Waals surface area contributed by atoms with Crippen LogP contribution in [0.4, 0.5) is 0 Å². The van der Waals surface area contributed by atoms with Crippen molar-refractivity contribution in [1.82, 2.24) is 15.5 Å². The topological polar surface area (TPSA) is 92.0 Å². The number of likely N-dealkylation sites (tertiary alicyclic amines) is 1. The maximum absolute atomic E-state index is 11.0. The highest BCUT2D eigenvalue weighted by Gasteiger charge is 2.20. The van der Waals surface area contributed by atoms with Gasteiger partial charge in [-0.1, -0.05) is 18.2 Å². The van der Waals surface area contributed by atoms with Crippen molar-refractivity contribution >= 4 is 11.9 Å². The number of nitrogens with zero attached hydrogens (tertiary/aromatic N) is 2. The summed E-state index contributed by atoms with van der Waals surface area (Å²) in [7, 11) is 0. The minimum Gasteiger partial charge on any atom is -0.489 e. The van der Waals surface area contributed by atoms with Crippen LogP contribution in [0.5, 0.6) is 5.75 Å². The third-order valence-electron chi connectivity index (χ3n) is 4.24. The standard InChI is InChI=1S/C19H31N5O2/c1-3-21-19(22-13-15(2)26-17-7-5-4-6-8-17)23-16-9-11-24(12-10-16)14-18(20)25/h4-8,15-16H,3,9-14H2,1-2H3,(H2,20,25)(H2,21,22,23). The fourth-order valence-corrected chi connectivity index (χ4v) is 2.96. The minimum atomic E-state index is -0.265. The van der Waals surface area contributed by atoms with Crippen LogP contribution in [0.25, 0.3) is 0 Å². The van der Waals surface area contributed by atoms with Crippen molar-refractivity contribution in [2.45, 2.75) is 38.8 Å². The number of aliphatic imine (C=N–C) groups is 1. The molecular formula is C19H31N5O2. The molecular weight excluding hydrogens is 330 g/mol. The second-order valence-corrected chi connectivity index (χ2v) is 6.62. The van der Waals surface area contributed by atoms with E-state index in [1.54, 1.807) is 0 Å². The number of guanidine groups is 1. The Hall–Kier alpha value is -2.28. The van der Waals surface area contributed by atoms with Gasteiger partial charge in [0.15, 0.2) is 5.96 Å². The number of hydrogen-bond acceptors (Lipinski definition) is 4. The number of carbonyl (C=O) groups is 1. The normalized spacial score (nSPS) is 17.5. The van der Waals surface area contributed by atoms with Crippen molar-refractivity contribution in [1.29, 1.82) is 0 Å². The number of carbonyl (C=O) groups excluding carboxylic acids is 1. The maximum atomic E-state index is 11.0. The van der Waals surface area contributed by atoms with Gasteiger partial charge in [-0.05, 0) is 38.8 Å². The average molecular weight is 361 g/mol. The Labute approximate surface area is 156 Å². The van der Waals surface area contributed by atoms with Crippen molar-refractivity contribution in [3.05, 3.63) is 30.3 Å². The zero-order valence-electron chi connectivity index (χ0n) is 15.8. The third-order valence-corrected chi connectivity index (χ3v) is 4.24. The first-order valence-electron chi connectivity index (χ1n) is 9.34. The van der Waals surface area contributed by atoms with Gasteiger partial charge in [0, 0.05) is 25.7 Å². The number of nitrogens with one attached hydrogen (secondary N) is 2. The van der Waals surface area contributed by atoms with E-state index in [1.165, 1.54) is 0 Å². The van der Waals surface area contributed by atoms with E-state index in [-0.39, 0.29) is 12.0 Å². The van der Waals surface area contributed by atoms with Crippen molar-refractivity contribution in [3.63, 3.8) is 0 Å². The Morgan fingerprint density at radius 2 is 2.04 bits per heavy atom. The van der Waals surface area contributed by atoms with Gasteiger partial charge in [-0.15, -0.1) is 0 Å². The Bertz CT molecular complexity index is 571. The summed E-state index contributed by atoms with van der Waals surface area (Å²) in [5.74, 6) is 1.40. The number of para-hydroxylation sites is 1. The Morgan fingerprint density at radius 3 is 2.65 bits per heavy atom. The summed E-state index contributed by atoms with van der Waals surface area (Å²) < 4.78 is 5.87. The van der Waals surface area contributed by atoms with Gasteiger partial charge in [-0.3, -0.25) is 9.69 Å². The molecule has 1 saturated heterocycles. The highest BCUT2D eigenvalue weighted by molar-refractivity contribution is 5.80. The zero-order chi connectivity index (χ0) is 18.8. The molecule has 4 N–H and O–H groups in total. The van der Waals surface area contributed by atoms with Gasteiger partial charge in [0.05, 0.1) is 13.1 Å². The van der Waals surface area contributed by atoms with Crippen molar-refractivity contribution in [2.75, 3.05) is 32.7 Å². The molecule has 7 nitrogen and oxygen atoms in total. The molecule has 7 heteroatoms. The lowest BCUT2D eigenvalue weighted by atomic mass is 10.1. The predicted molar refractivity (Wildman–Crippen MR) is 104 cm³/mol. The summed E-state index contributed by atoms with van der Waals surface area (Å²) in [5.41, 5.74) is 5.26. The molecule has 0 saturated carbocycles. The number of ether oxygens (including phenoxy) is 1. The lowest BCUT2D eigenvalue weighted by Crippen LogP contribution is -2.50. The Morgan fingerprint density at radius 1 is 1.35 bits per heavy atom. The van der Waals surface area contributed by atoms with E-state index >= 15 is 0 Å². The molecule has 1 aromatic rings. The fourth-order valence-electron chi connectivity index (χ4n) is 2.96. The lowest BCUT2D eigenvalue weighted by Gasteiger charge is -2.32. The molecule has 2 rings (SSSR count). The van der Waals surface area contributed by atoms with Crippen molar-refractivity contribution < 1.29 is 9.53 Å². The highest BCUT2D eigenvalue weighted by atomic mass is 16.5. The summed E-state index contributed by atoms with van der Waals surface area (Å²) >= 11 is 0. The first-order chi connectivity index (χ1) is 12.6. The molecule has 1 amide bonds. The van der Waals surface area contributed by atoms with Crippen molar-refractivity contribution in [3.8, 4) is 5.75 Å². The summed E-state index contributed by atoms with van der Waals surface area (Å²) in [6.45, 7) is 7.53. The van der Waals surface area contributed by atoms with Gasteiger partial charge < -0.3 is 21.1 Å². The van der Waals surface area contributed by atoms with E-state index in [1.807, 2.05) is 37.3 Å². The first kappa shape index (κ1) is 20.0. The van der Waals surface area contributed by atoms with Gasteiger partial charge in [0.2, 0.25) is 5.91 Å². The van der Waals surface area contributed by atoms with Gasteiger partial charge in [0.1, 0.15) is 11.9 Å². The molecule has 1 aliphatic rings. The monoisotopic (exact) mass is 361 g/mol. The number of primary amides is 1. The van der Waals surface area contributed by atoms with Crippen LogP contribution >= 0.6 is 0 Å². The molecule has 1 fully saturated rings. The summed E-state index contributed by atoms with van der Waals surface area (Å²) in [6.07, 6.45) is 1.92. The van der Waals surface area contributed by atoms with Crippen LogP contribution in [-0.2, 0) is 4.79 Å². The summed E-state index contributed by atoms with van der Waals surface area (Å²) in [4.78, 5) is 17.8. The molecule has 1 heterocycles. The largest absolute Gasteiger partial charge is 0.489 e. The SMILES string of the molecule is CCNC(=NCC(C)Oc1ccccc1)NC1CCN(CC(N)=O)CC1. The molecule has 1 aliphatic heterocycles. The van der Waals surface area contributed by atoms with Gasteiger partial charge >= 0.3 is 0 Å². The number of hydrogen-bond donors (Lipinski definition) is 3. The Balaban J connectivity index is 1.80. The van der Waals surface area contributed by atoms with Crippen LogP contribution < -0.4 is 21.1 Å². The van der Waals surface area contributed by atoms with Crippen molar-refractivity contribution in [2.24, 2.45) is 10.7 Å². The van der Waals surface area contributed by atoms with Crippen LogP contribution in [0.15, 0.2) is 35.3 Å². The number of amides is 1. The minimum absolute atomic E-state index is 0.00901. The number of benzene rings is 1. The molecule has 1 aromatic carbocycles. The van der Waals surface area contributed by atoms with E-state index in [0.29, 0.717) is 19.1 Å². The maximum Gasteiger partial charge on any atom is 0.231 e. The molecule has 0 spiro atoms. The van der Waals surface area contributed by atoms with Gasteiger partial charge in [0.25, 0.3) is 0 Å². The second kappa shape index (κ2) is 10.7.